The fourth-order valence-corrected chi connectivity index (χ4v) is 1.92. The molecule has 1 aliphatic heterocycles. The Labute approximate surface area is 116 Å². The molecule has 2 amide bonds. The second kappa shape index (κ2) is 4.97. The number of aromatic nitrogens is 1. The maximum absolute atomic E-state index is 12.0. The lowest BCUT2D eigenvalue weighted by Crippen LogP contribution is -2.52. The molecule has 1 aromatic rings. The van der Waals surface area contributed by atoms with Crippen LogP contribution in [0.2, 0.25) is 0 Å². The van der Waals surface area contributed by atoms with Gasteiger partial charge in [0.1, 0.15) is 5.57 Å². The number of carbonyl (C=O) groups is 2. The van der Waals surface area contributed by atoms with Crippen LogP contribution in [0.5, 0.6) is 0 Å². The zero-order valence-corrected chi connectivity index (χ0v) is 11.8. The van der Waals surface area contributed by atoms with Crippen molar-refractivity contribution in [2.45, 2.75) is 19.9 Å². The third kappa shape index (κ3) is 2.58. The molecule has 100 valence electrons. The SMILES string of the molecule is CC(C)n1ccc(/C=C2/C(=O)NC(=S)N(C)C2=O)c1. The minimum atomic E-state index is -0.453. The molecule has 6 heteroatoms. The molecule has 0 radical (unpaired) electrons. The summed E-state index contributed by atoms with van der Waals surface area (Å²) in [6.07, 6.45) is 5.39. The smallest absolute Gasteiger partial charge is 0.265 e. The molecule has 5 nitrogen and oxygen atoms in total. The number of nitrogens with one attached hydrogen (secondary N) is 1. The average Bonchev–Trinajstić information content (AvgIpc) is 2.81. The third-order valence-electron chi connectivity index (χ3n) is 2.95. The van der Waals surface area contributed by atoms with Crippen LogP contribution in [-0.4, -0.2) is 33.4 Å². The van der Waals surface area contributed by atoms with Crippen LogP contribution in [0.4, 0.5) is 0 Å². The summed E-state index contributed by atoms with van der Waals surface area (Å²) in [4.78, 5) is 25.0. The molecule has 0 saturated carbocycles. The van der Waals surface area contributed by atoms with Gasteiger partial charge in [-0.05, 0) is 43.8 Å². The number of likely N-dealkylation sites (N-methyl/N-ethyl adjacent to an activating group) is 1. The van der Waals surface area contributed by atoms with E-state index in [-0.39, 0.29) is 16.6 Å². The molecule has 2 heterocycles. The van der Waals surface area contributed by atoms with Crippen molar-refractivity contribution in [1.82, 2.24) is 14.8 Å². The van der Waals surface area contributed by atoms with Crippen molar-refractivity contribution in [1.29, 1.82) is 0 Å². The van der Waals surface area contributed by atoms with Crippen molar-refractivity contribution in [2.24, 2.45) is 0 Å². The molecule has 0 aromatic carbocycles. The highest BCUT2D eigenvalue weighted by molar-refractivity contribution is 7.80. The van der Waals surface area contributed by atoms with E-state index in [0.29, 0.717) is 6.04 Å². The van der Waals surface area contributed by atoms with E-state index in [0.717, 1.165) is 5.56 Å². The quantitative estimate of drug-likeness (QED) is 0.504. The number of hydrogen-bond acceptors (Lipinski definition) is 3. The maximum atomic E-state index is 12.0. The fourth-order valence-electron chi connectivity index (χ4n) is 1.75. The van der Waals surface area contributed by atoms with Gasteiger partial charge in [-0.3, -0.25) is 19.8 Å². The van der Waals surface area contributed by atoms with E-state index < -0.39 is 5.91 Å². The molecule has 1 aliphatic rings. The monoisotopic (exact) mass is 277 g/mol. The van der Waals surface area contributed by atoms with Crippen LogP contribution in [0.3, 0.4) is 0 Å². The van der Waals surface area contributed by atoms with E-state index in [1.807, 2.05) is 23.0 Å². The Morgan fingerprint density at radius 2 is 2.05 bits per heavy atom. The Balaban J connectivity index is 2.33. The highest BCUT2D eigenvalue weighted by atomic mass is 32.1. The Bertz CT molecular complexity index is 586. The number of carbonyl (C=O) groups excluding carboxylic acids is 2. The van der Waals surface area contributed by atoms with Gasteiger partial charge < -0.3 is 4.57 Å². The molecule has 0 spiro atoms. The summed E-state index contributed by atoms with van der Waals surface area (Å²) in [5.74, 6) is -0.837. The molecule has 1 fully saturated rings. The van der Waals surface area contributed by atoms with Crippen molar-refractivity contribution in [2.75, 3.05) is 7.05 Å². The molecular formula is C13H15N3O2S. The average molecular weight is 277 g/mol. The van der Waals surface area contributed by atoms with Gasteiger partial charge in [0, 0.05) is 25.5 Å². The van der Waals surface area contributed by atoms with Crippen LogP contribution in [0.15, 0.2) is 24.0 Å². The minimum Gasteiger partial charge on any atom is -0.351 e. The van der Waals surface area contributed by atoms with Crippen LogP contribution in [0.25, 0.3) is 6.08 Å². The first-order valence-electron chi connectivity index (χ1n) is 5.92. The van der Waals surface area contributed by atoms with Gasteiger partial charge in [0.15, 0.2) is 5.11 Å². The third-order valence-corrected chi connectivity index (χ3v) is 3.33. The van der Waals surface area contributed by atoms with Gasteiger partial charge in [0.05, 0.1) is 0 Å². The molecule has 1 aromatic heterocycles. The van der Waals surface area contributed by atoms with E-state index in [1.165, 1.54) is 11.9 Å². The van der Waals surface area contributed by atoms with E-state index in [2.05, 4.69) is 19.2 Å². The van der Waals surface area contributed by atoms with Crippen molar-refractivity contribution in [3.05, 3.63) is 29.6 Å². The summed E-state index contributed by atoms with van der Waals surface area (Å²) < 4.78 is 2.01. The second-order valence-electron chi connectivity index (χ2n) is 4.67. The van der Waals surface area contributed by atoms with Crippen LogP contribution in [0.1, 0.15) is 25.5 Å². The topological polar surface area (TPSA) is 54.3 Å². The minimum absolute atomic E-state index is 0.0950. The van der Waals surface area contributed by atoms with Crippen molar-refractivity contribution < 1.29 is 9.59 Å². The van der Waals surface area contributed by atoms with Crippen molar-refractivity contribution >= 4 is 35.2 Å². The van der Waals surface area contributed by atoms with Crippen LogP contribution in [0, 0.1) is 0 Å². The Hall–Kier alpha value is -1.95. The van der Waals surface area contributed by atoms with E-state index in [9.17, 15) is 9.59 Å². The Morgan fingerprint density at radius 3 is 2.63 bits per heavy atom. The number of thiocarbonyl (C=S) groups is 1. The van der Waals surface area contributed by atoms with Gasteiger partial charge in [-0.2, -0.15) is 0 Å². The largest absolute Gasteiger partial charge is 0.351 e. The Morgan fingerprint density at radius 1 is 1.37 bits per heavy atom. The first kappa shape index (κ1) is 13.5. The lowest BCUT2D eigenvalue weighted by atomic mass is 10.1. The summed E-state index contributed by atoms with van der Waals surface area (Å²) in [7, 11) is 1.54. The summed E-state index contributed by atoms with van der Waals surface area (Å²) in [6.45, 7) is 4.11. The van der Waals surface area contributed by atoms with Gasteiger partial charge in [0.2, 0.25) is 0 Å². The van der Waals surface area contributed by atoms with Gasteiger partial charge in [-0.25, -0.2) is 0 Å². The van der Waals surface area contributed by atoms with E-state index in [1.54, 1.807) is 6.08 Å². The lowest BCUT2D eigenvalue weighted by molar-refractivity contribution is -0.128. The highest BCUT2D eigenvalue weighted by Gasteiger charge is 2.30. The zero-order valence-electron chi connectivity index (χ0n) is 11.0. The molecule has 19 heavy (non-hydrogen) atoms. The molecule has 0 unspecified atom stereocenters. The predicted octanol–water partition coefficient (Wildman–Crippen LogP) is 1.33. The first-order chi connectivity index (χ1) is 8.90. The summed E-state index contributed by atoms with van der Waals surface area (Å²) >= 11 is 4.88. The molecule has 0 aliphatic carbocycles. The highest BCUT2D eigenvalue weighted by Crippen LogP contribution is 2.15. The standard InChI is InChI=1S/C13H15N3O2S/c1-8(2)16-5-4-9(7-16)6-10-11(17)14-13(19)15(3)12(10)18/h4-8H,1-3H3,(H,14,17,19)/b10-6-. The normalized spacial score (nSPS) is 18.4. The van der Waals surface area contributed by atoms with Gasteiger partial charge in [-0.15, -0.1) is 0 Å². The van der Waals surface area contributed by atoms with Crippen LogP contribution < -0.4 is 5.32 Å². The van der Waals surface area contributed by atoms with Crippen molar-refractivity contribution in [3.63, 3.8) is 0 Å². The summed E-state index contributed by atoms with van der Waals surface area (Å²) in [6, 6.07) is 2.19. The number of rotatable bonds is 2. The van der Waals surface area contributed by atoms with Gasteiger partial charge in [0.25, 0.3) is 11.8 Å². The molecule has 1 saturated heterocycles. The first-order valence-corrected chi connectivity index (χ1v) is 6.33. The second-order valence-corrected chi connectivity index (χ2v) is 5.05. The number of hydrogen-bond donors (Lipinski definition) is 1. The molecule has 2 rings (SSSR count). The summed E-state index contributed by atoms with van der Waals surface area (Å²) in [5, 5.41) is 2.61. The van der Waals surface area contributed by atoms with E-state index in [4.69, 9.17) is 12.2 Å². The maximum Gasteiger partial charge on any atom is 0.265 e. The molecule has 0 bridgehead atoms. The predicted molar refractivity (Wildman–Crippen MR) is 76.3 cm³/mol. The molecule has 0 atom stereocenters. The van der Waals surface area contributed by atoms with Crippen molar-refractivity contribution in [3.8, 4) is 0 Å². The number of amides is 2. The van der Waals surface area contributed by atoms with E-state index >= 15 is 0 Å². The number of nitrogens with zero attached hydrogens (tertiary/aromatic N) is 2. The van der Waals surface area contributed by atoms with Crippen LogP contribution in [-0.2, 0) is 9.59 Å². The summed E-state index contributed by atoms with van der Waals surface area (Å²) in [5.41, 5.74) is 0.908. The molecule has 1 N–H and O–H groups in total. The van der Waals surface area contributed by atoms with Gasteiger partial charge in [-0.1, -0.05) is 0 Å². The molecular weight excluding hydrogens is 262 g/mol. The fraction of sp³-hybridized carbons (Fsp3) is 0.308. The Kier molecular flexibility index (Phi) is 3.53. The van der Waals surface area contributed by atoms with Gasteiger partial charge >= 0.3 is 0 Å². The lowest BCUT2D eigenvalue weighted by Gasteiger charge is -2.24. The van der Waals surface area contributed by atoms with Crippen LogP contribution >= 0.6 is 12.2 Å². The zero-order chi connectivity index (χ0) is 14.2.